The lowest BCUT2D eigenvalue weighted by atomic mass is 10.2. The van der Waals surface area contributed by atoms with Crippen LogP contribution in [0.2, 0.25) is 5.02 Å². The van der Waals surface area contributed by atoms with Crippen molar-refractivity contribution in [1.29, 1.82) is 0 Å². The van der Waals surface area contributed by atoms with Crippen LogP contribution < -0.4 is 5.73 Å². The van der Waals surface area contributed by atoms with Crippen molar-refractivity contribution < 1.29 is 21.4 Å². The van der Waals surface area contributed by atoms with E-state index in [1.807, 2.05) is 0 Å². The number of sulfone groups is 1. The Morgan fingerprint density at radius 2 is 1.81 bits per heavy atom. The fourth-order valence-corrected chi connectivity index (χ4v) is 5.98. The molecule has 0 unspecified atom stereocenters. The molecule has 144 valence electrons. The summed E-state index contributed by atoms with van der Waals surface area (Å²) in [5, 5.41) is 0.0212. The summed E-state index contributed by atoms with van der Waals surface area (Å²) in [7, 11) is -8.79. The molecular weight excluding hydrogens is 412 g/mol. The first-order valence-electron chi connectivity index (χ1n) is 7.89. The average molecular weight is 429 g/mol. The first-order valence-corrected chi connectivity index (χ1v) is 11.2. The van der Waals surface area contributed by atoms with Crippen molar-refractivity contribution in [3.8, 4) is 0 Å². The second-order valence-electron chi connectivity index (χ2n) is 5.97. The molecule has 0 saturated heterocycles. The van der Waals surface area contributed by atoms with Crippen LogP contribution in [-0.4, -0.2) is 26.0 Å². The summed E-state index contributed by atoms with van der Waals surface area (Å²) >= 11 is 5.95. The second-order valence-corrected chi connectivity index (χ2v) is 9.65. The zero-order valence-electron chi connectivity index (χ0n) is 14.5. The molecule has 3 rings (SSSR count). The van der Waals surface area contributed by atoms with Gasteiger partial charge < -0.3 is 10.3 Å². The van der Waals surface area contributed by atoms with E-state index >= 15 is 0 Å². The highest BCUT2D eigenvalue weighted by atomic mass is 35.5. The largest absolute Gasteiger partial charge is 0.398 e. The summed E-state index contributed by atoms with van der Waals surface area (Å²) in [4.78, 5) is -0.777. The summed E-state index contributed by atoms with van der Waals surface area (Å²) in [5.74, 6) is 0. The van der Waals surface area contributed by atoms with Gasteiger partial charge in [-0.25, -0.2) is 8.42 Å². The Labute approximate surface area is 162 Å². The summed E-state index contributed by atoms with van der Waals surface area (Å²) in [6.07, 6.45) is 0. The summed E-state index contributed by atoms with van der Waals surface area (Å²) in [6, 6.07) is 8.30. The number of hydrogen-bond donors (Lipinski definition) is 2. The van der Waals surface area contributed by atoms with Gasteiger partial charge in [-0.3, -0.25) is 4.55 Å². The fraction of sp³-hybridized carbons (Fsp3) is 0.176. The van der Waals surface area contributed by atoms with Crippen LogP contribution in [0.15, 0.2) is 51.1 Å². The zero-order valence-corrected chi connectivity index (χ0v) is 16.9. The van der Waals surface area contributed by atoms with E-state index in [1.165, 1.54) is 37.3 Å². The molecule has 0 amide bonds. The van der Waals surface area contributed by atoms with Gasteiger partial charge in [0.15, 0.2) is 0 Å². The molecule has 27 heavy (non-hydrogen) atoms. The lowest BCUT2D eigenvalue weighted by molar-refractivity contribution is 0.483. The lowest BCUT2D eigenvalue weighted by Gasteiger charge is -2.09. The third-order valence-electron chi connectivity index (χ3n) is 4.40. The number of anilines is 1. The minimum Gasteiger partial charge on any atom is -0.398 e. The molecule has 0 aliphatic rings. The van der Waals surface area contributed by atoms with Crippen molar-refractivity contribution >= 4 is 48.1 Å². The number of fused-ring (bicyclic) bond motifs is 1. The quantitative estimate of drug-likeness (QED) is 0.486. The Morgan fingerprint density at radius 3 is 2.37 bits per heavy atom. The smallest absolute Gasteiger partial charge is 0.296 e. The van der Waals surface area contributed by atoms with Crippen LogP contribution in [-0.2, 0) is 26.5 Å². The SMILES string of the molecule is CCn1c(C)c(S(=O)(=O)O)c2c(S(=O)(=O)c3ccc(N)c(Cl)c3)cccc21. The third-order valence-corrected chi connectivity index (χ3v) is 7.54. The average Bonchev–Trinajstić information content (AvgIpc) is 2.88. The molecule has 0 bridgehead atoms. The van der Waals surface area contributed by atoms with E-state index in [2.05, 4.69) is 0 Å². The van der Waals surface area contributed by atoms with Crippen LogP contribution >= 0.6 is 11.6 Å². The topological polar surface area (TPSA) is 119 Å². The molecule has 10 heteroatoms. The van der Waals surface area contributed by atoms with Crippen molar-refractivity contribution in [2.24, 2.45) is 0 Å². The first kappa shape index (κ1) is 19.7. The first-order chi connectivity index (χ1) is 12.5. The molecule has 0 radical (unpaired) electrons. The van der Waals surface area contributed by atoms with Crippen molar-refractivity contribution in [2.75, 3.05) is 5.73 Å². The van der Waals surface area contributed by atoms with Crippen molar-refractivity contribution in [3.63, 3.8) is 0 Å². The van der Waals surface area contributed by atoms with Crippen LogP contribution in [0.3, 0.4) is 0 Å². The molecule has 1 aromatic heterocycles. The van der Waals surface area contributed by atoms with Gasteiger partial charge in [0.25, 0.3) is 10.1 Å². The molecule has 3 aromatic rings. The minimum atomic E-state index is -4.66. The van der Waals surface area contributed by atoms with E-state index in [9.17, 15) is 21.4 Å². The van der Waals surface area contributed by atoms with E-state index in [0.717, 1.165) is 0 Å². The zero-order chi connectivity index (χ0) is 20.1. The molecule has 0 aliphatic carbocycles. The number of nitrogens with zero attached hydrogens (tertiary/aromatic N) is 1. The van der Waals surface area contributed by atoms with Gasteiger partial charge in [-0.1, -0.05) is 17.7 Å². The maximum Gasteiger partial charge on any atom is 0.296 e. The highest BCUT2D eigenvalue weighted by Crippen LogP contribution is 2.37. The molecule has 0 aliphatic heterocycles. The van der Waals surface area contributed by atoms with E-state index in [4.69, 9.17) is 17.3 Å². The molecule has 1 heterocycles. The van der Waals surface area contributed by atoms with Gasteiger partial charge >= 0.3 is 0 Å². The monoisotopic (exact) mass is 428 g/mol. The van der Waals surface area contributed by atoms with Crippen LogP contribution in [0.5, 0.6) is 0 Å². The van der Waals surface area contributed by atoms with E-state index < -0.39 is 24.9 Å². The Balaban J connectivity index is 2.47. The molecule has 3 N–H and O–H groups in total. The Hall–Kier alpha value is -2.07. The minimum absolute atomic E-state index is 0.0488. The Bertz CT molecular complexity index is 1280. The summed E-state index contributed by atoms with van der Waals surface area (Å²) in [6.45, 7) is 3.71. The van der Waals surface area contributed by atoms with E-state index in [0.29, 0.717) is 12.1 Å². The molecule has 2 aromatic carbocycles. The van der Waals surface area contributed by atoms with Gasteiger partial charge in [0.05, 0.1) is 26.0 Å². The molecule has 7 nitrogen and oxygen atoms in total. The summed E-state index contributed by atoms with van der Waals surface area (Å²) in [5.41, 5.74) is 6.51. The Morgan fingerprint density at radius 1 is 1.15 bits per heavy atom. The van der Waals surface area contributed by atoms with Gasteiger partial charge in [-0.2, -0.15) is 8.42 Å². The van der Waals surface area contributed by atoms with Gasteiger partial charge in [0.2, 0.25) is 9.84 Å². The predicted molar refractivity (Wildman–Crippen MR) is 103 cm³/mol. The Kier molecular flexibility index (Phi) is 4.75. The molecule has 0 atom stereocenters. The highest BCUT2D eigenvalue weighted by Gasteiger charge is 2.30. The van der Waals surface area contributed by atoms with Crippen LogP contribution in [0.1, 0.15) is 12.6 Å². The number of nitrogen functional groups attached to an aromatic ring is 1. The molecule has 0 saturated carbocycles. The normalized spacial score (nSPS) is 12.6. The number of aryl methyl sites for hydroxylation is 1. The highest BCUT2D eigenvalue weighted by molar-refractivity contribution is 7.92. The van der Waals surface area contributed by atoms with Gasteiger partial charge in [-0.15, -0.1) is 0 Å². The van der Waals surface area contributed by atoms with E-state index in [-0.39, 0.29) is 31.6 Å². The number of hydrogen-bond acceptors (Lipinski definition) is 5. The van der Waals surface area contributed by atoms with Crippen molar-refractivity contribution in [1.82, 2.24) is 4.57 Å². The number of halogens is 1. The number of aromatic nitrogens is 1. The molecule has 0 fully saturated rings. The lowest BCUT2D eigenvalue weighted by Crippen LogP contribution is -2.06. The molecular formula is C17H17ClN2O5S2. The van der Waals surface area contributed by atoms with Gasteiger partial charge in [0.1, 0.15) is 4.90 Å². The van der Waals surface area contributed by atoms with Gasteiger partial charge in [-0.05, 0) is 44.2 Å². The number of nitrogens with two attached hydrogens (primary N) is 1. The van der Waals surface area contributed by atoms with Gasteiger partial charge in [0, 0.05) is 17.6 Å². The molecule has 0 spiro atoms. The maximum absolute atomic E-state index is 13.2. The third kappa shape index (κ3) is 3.10. The number of benzene rings is 2. The van der Waals surface area contributed by atoms with Crippen molar-refractivity contribution in [2.45, 2.75) is 35.1 Å². The number of rotatable bonds is 4. The second kappa shape index (κ2) is 6.52. The van der Waals surface area contributed by atoms with Crippen LogP contribution in [0, 0.1) is 6.92 Å². The maximum atomic E-state index is 13.2. The predicted octanol–water partition coefficient (Wildman–Crippen LogP) is 3.28. The summed E-state index contributed by atoms with van der Waals surface area (Å²) < 4.78 is 61.8. The standard InChI is InChI=1S/C17H17ClN2O5S2/c1-3-20-10(2)17(27(23,24)25)16-14(20)5-4-6-15(16)26(21,22)11-7-8-13(19)12(18)9-11/h4-9H,3,19H2,1-2H3,(H,23,24,25). The van der Waals surface area contributed by atoms with E-state index in [1.54, 1.807) is 17.6 Å². The van der Waals surface area contributed by atoms with Crippen LogP contribution in [0.25, 0.3) is 10.9 Å². The van der Waals surface area contributed by atoms with Crippen molar-refractivity contribution in [3.05, 3.63) is 47.1 Å². The van der Waals surface area contributed by atoms with Crippen LogP contribution in [0.4, 0.5) is 5.69 Å². The fourth-order valence-electron chi connectivity index (χ4n) is 3.21.